The lowest BCUT2D eigenvalue weighted by Gasteiger charge is -2.18. The van der Waals surface area contributed by atoms with Crippen molar-refractivity contribution in [3.05, 3.63) is 0 Å². The first kappa shape index (κ1) is 65.4. The Morgan fingerprint density at radius 3 is 0.597 bits per heavy atom. The van der Waals surface area contributed by atoms with Crippen LogP contribution in [-0.2, 0) is 28.6 Å². The van der Waals surface area contributed by atoms with Crippen LogP contribution < -0.4 is 0 Å². The number of hydrogen-bond acceptors (Lipinski definition) is 6. The number of hydrogen-bond donors (Lipinski definition) is 0. The molecule has 398 valence electrons. The summed E-state index contributed by atoms with van der Waals surface area (Å²) in [5.41, 5.74) is 0. The zero-order valence-corrected chi connectivity index (χ0v) is 45.7. The van der Waals surface area contributed by atoms with Crippen molar-refractivity contribution >= 4 is 17.9 Å². The van der Waals surface area contributed by atoms with Crippen LogP contribution in [0.5, 0.6) is 0 Å². The van der Waals surface area contributed by atoms with Gasteiger partial charge in [0.2, 0.25) is 0 Å². The average Bonchev–Trinajstić information content (AvgIpc) is 3.33. The normalized spacial score (nSPS) is 11.9. The van der Waals surface area contributed by atoms with Crippen molar-refractivity contribution in [1.29, 1.82) is 0 Å². The standard InChI is InChI=1S/C61H118O6/c1-4-7-10-13-16-19-22-25-26-27-28-29-30-31-32-33-34-37-39-42-45-48-51-54-60(63)66-57-58(67-61(64)55-52-49-46-43-40-36-24-21-18-15-12-9-6-3)56-65-59(62)53-50-47-44-41-38-35-23-20-17-14-11-8-5-2/h58H,4-57H2,1-3H3. The van der Waals surface area contributed by atoms with Gasteiger partial charge < -0.3 is 14.2 Å². The number of esters is 3. The van der Waals surface area contributed by atoms with Gasteiger partial charge in [-0.1, -0.05) is 316 Å². The van der Waals surface area contributed by atoms with Crippen LogP contribution in [0.3, 0.4) is 0 Å². The maximum Gasteiger partial charge on any atom is 0.306 e. The van der Waals surface area contributed by atoms with E-state index in [4.69, 9.17) is 14.2 Å². The lowest BCUT2D eigenvalue weighted by atomic mass is 10.0. The SMILES string of the molecule is CCCCCCCCCCCCCCCCCCCCCCCCCC(=O)OCC(COC(=O)CCCCCCCCCCCCCCC)OC(=O)CCCCCCCCCCCCCCC. The van der Waals surface area contributed by atoms with Crippen LogP contribution in [0.1, 0.15) is 355 Å². The van der Waals surface area contributed by atoms with E-state index < -0.39 is 6.10 Å². The fraction of sp³-hybridized carbons (Fsp3) is 0.951. The first-order valence-corrected chi connectivity index (χ1v) is 30.5. The summed E-state index contributed by atoms with van der Waals surface area (Å²) in [7, 11) is 0. The fourth-order valence-corrected chi connectivity index (χ4v) is 9.51. The molecule has 0 saturated heterocycles. The van der Waals surface area contributed by atoms with Crippen molar-refractivity contribution < 1.29 is 28.6 Å². The molecule has 6 nitrogen and oxygen atoms in total. The van der Waals surface area contributed by atoms with E-state index in [9.17, 15) is 14.4 Å². The number of carbonyl (C=O) groups excluding carboxylic acids is 3. The summed E-state index contributed by atoms with van der Waals surface area (Å²) in [5, 5.41) is 0. The third kappa shape index (κ3) is 55.2. The number of carbonyl (C=O) groups is 3. The average molecular weight is 948 g/mol. The second kappa shape index (κ2) is 57.0. The zero-order valence-electron chi connectivity index (χ0n) is 45.7. The zero-order chi connectivity index (χ0) is 48.6. The monoisotopic (exact) mass is 947 g/mol. The van der Waals surface area contributed by atoms with E-state index in [1.54, 1.807) is 0 Å². The predicted molar refractivity (Wildman–Crippen MR) is 289 cm³/mol. The molecule has 0 amide bonds. The summed E-state index contributed by atoms with van der Waals surface area (Å²) in [4.78, 5) is 38.1. The third-order valence-electron chi connectivity index (χ3n) is 14.1. The van der Waals surface area contributed by atoms with Gasteiger partial charge in [-0.05, 0) is 19.3 Å². The van der Waals surface area contributed by atoms with E-state index in [-0.39, 0.29) is 31.1 Å². The van der Waals surface area contributed by atoms with Crippen molar-refractivity contribution in [2.24, 2.45) is 0 Å². The highest BCUT2D eigenvalue weighted by Gasteiger charge is 2.19. The minimum Gasteiger partial charge on any atom is -0.462 e. The smallest absolute Gasteiger partial charge is 0.306 e. The van der Waals surface area contributed by atoms with E-state index in [1.807, 2.05) is 0 Å². The quantitative estimate of drug-likeness (QED) is 0.0343. The Balaban J connectivity index is 4.18. The third-order valence-corrected chi connectivity index (χ3v) is 14.1. The molecule has 0 rings (SSSR count). The molecule has 0 fully saturated rings. The molecule has 0 spiro atoms. The second-order valence-corrected chi connectivity index (χ2v) is 21.0. The molecule has 0 aliphatic carbocycles. The molecule has 0 aromatic heterocycles. The van der Waals surface area contributed by atoms with Gasteiger partial charge in [0, 0.05) is 19.3 Å². The Morgan fingerprint density at radius 1 is 0.239 bits per heavy atom. The summed E-state index contributed by atoms with van der Waals surface area (Å²) < 4.78 is 16.9. The highest BCUT2D eigenvalue weighted by Crippen LogP contribution is 2.18. The maximum absolute atomic E-state index is 12.8. The fourth-order valence-electron chi connectivity index (χ4n) is 9.51. The summed E-state index contributed by atoms with van der Waals surface area (Å²) in [6, 6.07) is 0. The number of ether oxygens (including phenoxy) is 3. The second-order valence-electron chi connectivity index (χ2n) is 21.0. The van der Waals surface area contributed by atoms with Crippen LogP contribution in [0.2, 0.25) is 0 Å². The minimum absolute atomic E-state index is 0.0610. The van der Waals surface area contributed by atoms with Crippen molar-refractivity contribution in [3.63, 3.8) is 0 Å². The summed E-state index contributed by atoms with van der Waals surface area (Å²) >= 11 is 0. The molecule has 0 heterocycles. The Hall–Kier alpha value is -1.59. The highest BCUT2D eigenvalue weighted by atomic mass is 16.6. The Kier molecular flexibility index (Phi) is 55.6. The van der Waals surface area contributed by atoms with Gasteiger partial charge >= 0.3 is 17.9 Å². The molecule has 0 saturated carbocycles. The number of unbranched alkanes of at least 4 members (excludes halogenated alkanes) is 46. The number of rotatable bonds is 57. The summed E-state index contributed by atoms with van der Waals surface area (Å²) in [6.45, 7) is 6.71. The van der Waals surface area contributed by atoms with Crippen LogP contribution in [0.25, 0.3) is 0 Å². The van der Waals surface area contributed by atoms with E-state index in [1.165, 1.54) is 257 Å². The largest absolute Gasteiger partial charge is 0.462 e. The van der Waals surface area contributed by atoms with Gasteiger partial charge in [-0.3, -0.25) is 14.4 Å². The molecule has 67 heavy (non-hydrogen) atoms. The Morgan fingerprint density at radius 2 is 0.403 bits per heavy atom. The van der Waals surface area contributed by atoms with Gasteiger partial charge in [-0.25, -0.2) is 0 Å². The van der Waals surface area contributed by atoms with Gasteiger partial charge in [0.25, 0.3) is 0 Å². The van der Waals surface area contributed by atoms with E-state index >= 15 is 0 Å². The minimum atomic E-state index is -0.761. The van der Waals surface area contributed by atoms with Crippen molar-refractivity contribution in [2.45, 2.75) is 361 Å². The lowest BCUT2D eigenvalue weighted by molar-refractivity contribution is -0.167. The highest BCUT2D eigenvalue weighted by molar-refractivity contribution is 5.71. The van der Waals surface area contributed by atoms with Crippen molar-refractivity contribution in [2.75, 3.05) is 13.2 Å². The van der Waals surface area contributed by atoms with Crippen LogP contribution in [0.4, 0.5) is 0 Å². The Bertz CT molecular complexity index is 998. The maximum atomic E-state index is 12.8. The van der Waals surface area contributed by atoms with Crippen LogP contribution in [-0.4, -0.2) is 37.2 Å². The van der Waals surface area contributed by atoms with Crippen LogP contribution >= 0.6 is 0 Å². The van der Waals surface area contributed by atoms with Crippen LogP contribution in [0, 0.1) is 0 Å². The topological polar surface area (TPSA) is 78.9 Å². The van der Waals surface area contributed by atoms with E-state index in [2.05, 4.69) is 20.8 Å². The van der Waals surface area contributed by atoms with Crippen LogP contribution in [0.15, 0.2) is 0 Å². The molecule has 0 aliphatic heterocycles. The lowest BCUT2D eigenvalue weighted by Crippen LogP contribution is -2.30. The molecule has 6 heteroatoms. The van der Waals surface area contributed by atoms with E-state index in [0.717, 1.165) is 57.8 Å². The molecule has 0 radical (unpaired) electrons. The molecule has 0 aliphatic rings. The van der Waals surface area contributed by atoms with Crippen molar-refractivity contribution in [1.82, 2.24) is 0 Å². The molecule has 0 aromatic carbocycles. The molecular formula is C61H118O6. The summed E-state index contributed by atoms with van der Waals surface area (Å²) in [6.07, 6.45) is 63.9. The van der Waals surface area contributed by atoms with Gasteiger partial charge in [0.1, 0.15) is 13.2 Å². The predicted octanol–water partition coefficient (Wildman–Crippen LogP) is 20.3. The van der Waals surface area contributed by atoms with Crippen molar-refractivity contribution in [3.8, 4) is 0 Å². The first-order chi connectivity index (χ1) is 33.0. The summed E-state index contributed by atoms with van der Waals surface area (Å²) in [5.74, 6) is -0.831. The molecule has 0 aromatic rings. The first-order valence-electron chi connectivity index (χ1n) is 30.5. The molecular weight excluding hydrogens is 829 g/mol. The Labute approximate surface area is 418 Å². The van der Waals surface area contributed by atoms with Gasteiger partial charge in [0.15, 0.2) is 6.10 Å². The molecule has 0 bridgehead atoms. The molecule has 1 atom stereocenters. The van der Waals surface area contributed by atoms with Gasteiger partial charge in [0.05, 0.1) is 0 Å². The molecule has 0 N–H and O–H groups in total. The van der Waals surface area contributed by atoms with Gasteiger partial charge in [-0.15, -0.1) is 0 Å². The molecule has 1 unspecified atom stereocenters. The van der Waals surface area contributed by atoms with Gasteiger partial charge in [-0.2, -0.15) is 0 Å². The van der Waals surface area contributed by atoms with E-state index in [0.29, 0.717) is 19.3 Å².